The maximum absolute atomic E-state index is 15.0. The number of Topliss-reactive ketones (excluding diaryl/α,β-unsaturated/α-hetero) is 2. The van der Waals surface area contributed by atoms with E-state index in [4.69, 9.17) is 31.8 Å². The van der Waals surface area contributed by atoms with Crippen LogP contribution in [0.25, 0.3) is 22.5 Å². The Balaban J connectivity index is 1.67. The highest BCUT2D eigenvalue weighted by atomic mass is 32.2. The number of aromatic hydroxyl groups is 1. The number of hydrogen-bond donors (Lipinski definition) is 10. The highest BCUT2D eigenvalue weighted by molar-refractivity contribution is 7.87. The van der Waals surface area contributed by atoms with Crippen molar-refractivity contribution in [3.63, 3.8) is 0 Å². The van der Waals surface area contributed by atoms with E-state index in [1.165, 1.54) is 51.2 Å². The van der Waals surface area contributed by atoms with E-state index >= 15 is 0 Å². The first-order valence-corrected chi connectivity index (χ1v) is 24.2. The molecule has 0 saturated heterocycles. The molecule has 22 nitrogen and oxygen atoms in total. The number of ketones is 2. The standard InChI is InChI=1S/C48H63N9O13S/c1-24-13-37(61)41(57(6)46(64)29(21-53-71(52,67)68)17-36(60)40-25(2)54-44(56-43(40)51)27-8-10-30(11-9-27)48(3,4)5)28-16-34(42(62)39(18-28)70-23-32(59)20-50)33-14-26(15-35(47(65)66)55-45(24)63)7-12-38(33)69-22-31(58)19-49/h7-12,14,16,18,24,29,31-32,35,41,53,58-59,62H,13,15,17,19-23,49-50H2,1-6H3,(H,55,63)(H,65,66)(H2,51,54,56)(H2,52,67,68)/t24-,29+,31+,32+,35+,41+/m1/s1. The van der Waals surface area contributed by atoms with Crippen molar-refractivity contribution in [3.8, 4) is 39.8 Å². The number of aliphatic carboxylic acids is 1. The Morgan fingerprint density at radius 3 is 2.11 bits per heavy atom. The second-order valence-corrected chi connectivity index (χ2v) is 20.0. The van der Waals surface area contributed by atoms with E-state index in [2.05, 4.69) is 40.8 Å². The summed E-state index contributed by atoms with van der Waals surface area (Å²) in [6.45, 7) is 7.10. The predicted molar refractivity (Wildman–Crippen MR) is 261 cm³/mol. The number of carboxylic acid groups (broad SMARTS) is 1. The molecule has 0 saturated carbocycles. The monoisotopic (exact) mass is 1010 g/mol. The number of carbonyl (C=O) groups is 5. The average Bonchev–Trinajstić information content (AvgIpc) is 3.30. The van der Waals surface area contributed by atoms with E-state index in [0.717, 1.165) is 10.5 Å². The number of aliphatic hydroxyl groups excluding tert-OH is 2. The molecule has 384 valence electrons. The van der Waals surface area contributed by atoms with Crippen LogP contribution in [0.4, 0.5) is 5.82 Å². The van der Waals surface area contributed by atoms with Crippen molar-refractivity contribution in [2.45, 2.75) is 83.6 Å². The van der Waals surface area contributed by atoms with Crippen molar-refractivity contribution in [1.29, 1.82) is 0 Å². The summed E-state index contributed by atoms with van der Waals surface area (Å²) in [6.07, 6.45) is -3.97. The van der Waals surface area contributed by atoms with Crippen LogP contribution < -0.4 is 41.9 Å². The number of amides is 2. The maximum Gasteiger partial charge on any atom is 0.326 e. The first-order valence-electron chi connectivity index (χ1n) is 22.6. The molecule has 0 spiro atoms. The van der Waals surface area contributed by atoms with Gasteiger partial charge in [0.15, 0.2) is 28.9 Å². The van der Waals surface area contributed by atoms with Gasteiger partial charge in [-0.15, -0.1) is 0 Å². The molecule has 5 rings (SSSR count). The Hall–Kier alpha value is -6.60. The molecule has 4 bridgehead atoms. The van der Waals surface area contributed by atoms with Gasteiger partial charge in [-0.3, -0.25) is 19.2 Å². The minimum Gasteiger partial charge on any atom is -0.504 e. The van der Waals surface area contributed by atoms with Crippen LogP contribution in [-0.4, -0.2) is 131 Å². The second kappa shape index (κ2) is 23.1. The number of anilines is 1. The first kappa shape index (κ1) is 55.3. The summed E-state index contributed by atoms with van der Waals surface area (Å²) in [5, 5.41) is 50.6. The highest BCUT2D eigenvalue weighted by Crippen LogP contribution is 2.45. The van der Waals surface area contributed by atoms with Crippen LogP contribution in [0.2, 0.25) is 0 Å². The van der Waals surface area contributed by atoms with Gasteiger partial charge in [0.2, 0.25) is 11.8 Å². The number of aryl methyl sites for hydroxylation is 1. The zero-order chi connectivity index (χ0) is 52.7. The summed E-state index contributed by atoms with van der Waals surface area (Å²) in [7, 11) is -3.29. The van der Waals surface area contributed by atoms with Gasteiger partial charge in [0, 0.05) is 68.6 Å². The Morgan fingerprint density at radius 1 is 0.930 bits per heavy atom. The smallest absolute Gasteiger partial charge is 0.326 e. The van der Waals surface area contributed by atoms with E-state index in [-0.39, 0.29) is 82.6 Å². The fourth-order valence-corrected chi connectivity index (χ4v) is 8.36. The molecule has 0 fully saturated rings. The lowest BCUT2D eigenvalue weighted by Gasteiger charge is -2.32. The number of fused-ring (bicyclic) bond motifs is 5. The summed E-state index contributed by atoms with van der Waals surface area (Å²) in [5.74, 6) is -8.42. The molecule has 1 aromatic heterocycles. The van der Waals surface area contributed by atoms with Gasteiger partial charge >= 0.3 is 5.97 Å². The molecule has 6 atom stereocenters. The fraction of sp³-hybridized carbons (Fsp3) is 0.438. The van der Waals surface area contributed by atoms with Crippen LogP contribution in [0.1, 0.15) is 79.3 Å². The van der Waals surface area contributed by atoms with Crippen molar-refractivity contribution in [1.82, 2.24) is 24.9 Å². The summed E-state index contributed by atoms with van der Waals surface area (Å²) >= 11 is 0. The number of carboxylic acids is 1. The van der Waals surface area contributed by atoms with Crippen LogP contribution >= 0.6 is 0 Å². The lowest BCUT2D eigenvalue weighted by molar-refractivity contribution is -0.143. The van der Waals surface area contributed by atoms with Gasteiger partial charge in [-0.1, -0.05) is 58.0 Å². The summed E-state index contributed by atoms with van der Waals surface area (Å²) < 4.78 is 38.5. The molecule has 0 unspecified atom stereocenters. The van der Waals surface area contributed by atoms with E-state index in [0.29, 0.717) is 11.1 Å². The van der Waals surface area contributed by atoms with Crippen molar-refractivity contribution < 1.29 is 62.3 Å². The molecule has 1 aliphatic heterocycles. The van der Waals surface area contributed by atoms with Crippen LogP contribution in [0.15, 0.2) is 54.6 Å². The van der Waals surface area contributed by atoms with Crippen molar-refractivity contribution in [3.05, 3.63) is 82.5 Å². The number of nitrogens with one attached hydrogen (secondary N) is 2. The molecule has 14 N–H and O–H groups in total. The second-order valence-electron chi connectivity index (χ2n) is 18.6. The van der Waals surface area contributed by atoms with Crippen LogP contribution in [0, 0.1) is 18.8 Å². The van der Waals surface area contributed by atoms with Gasteiger partial charge in [-0.2, -0.15) is 8.42 Å². The molecule has 0 aliphatic carbocycles. The van der Waals surface area contributed by atoms with Crippen molar-refractivity contribution >= 4 is 45.4 Å². The Morgan fingerprint density at radius 2 is 1.55 bits per heavy atom. The van der Waals surface area contributed by atoms with Crippen LogP contribution in [-0.2, 0) is 41.2 Å². The number of nitrogen functional groups attached to an aromatic ring is 1. The first-order chi connectivity index (χ1) is 33.2. The fourth-order valence-electron chi connectivity index (χ4n) is 7.92. The molecule has 4 aromatic rings. The molecule has 2 heterocycles. The van der Waals surface area contributed by atoms with Crippen molar-refractivity contribution in [2.75, 3.05) is 45.6 Å². The van der Waals surface area contributed by atoms with Crippen LogP contribution in [0.5, 0.6) is 17.2 Å². The third-order valence-corrected chi connectivity index (χ3v) is 12.5. The molecule has 0 radical (unpaired) electrons. The van der Waals surface area contributed by atoms with Gasteiger partial charge < -0.3 is 57.3 Å². The molecule has 71 heavy (non-hydrogen) atoms. The van der Waals surface area contributed by atoms with Gasteiger partial charge in [-0.25, -0.2) is 24.6 Å². The van der Waals surface area contributed by atoms with E-state index in [1.807, 2.05) is 24.3 Å². The summed E-state index contributed by atoms with van der Waals surface area (Å²) in [6, 6.07) is 11.2. The molecule has 3 aromatic carbocycles. The lowest BCUT2D eigenvalue weighted by Crippen LogP contribution is -2.46. The number of phenolic OH excluding ortho intramolecular Hbond substituents is 1. The molecular formula is C48H63N9O13S. The number of ether oxygens (including phenoxy) is 2. The maximum atomic E-state index is 15.0. The Labute approximate surface area is 411 Å². The highest BCUT2D eigenvalue weighted by Gasteiger charge is 2.38. The number of aromatic nitrogens is 2. The Kier molecular flexibility index (Phi) is 18.0. The number of hydrogen-bond acceptors (Lipinski definition) is 17. The Bertz CT molecular complexity index is 2730. The lowest BCUT2D eigenvalue weighted by atomic mass is 9.86. The third kappa shape index (κ3) is 14.1. The third-order valence-electron chi connectivity index (χ3n) is 11.9. The number of phenols is 1. The molecule has 2 amide bonds. The number of likely N-dealkylation sites (N-methyl/N-ethyl adjacent to an activating group) is 1. The van der Waals surface area contributed by atoms with Gasteiger partial charge in [0.05, 0.1) is 17.2 Å². The van der Waals surface area contributed by atoms with E-state index < -0.39 is 107 Å². The summed E-state index contributed by atoms with van der Waals surface area (Å²) in [4.78, 5) is 80.0. The zero-order valence-electron chi connectivity index (χ0n) is 40.3. The number of benzene rings is 3. The number of nitrogens with two attached hydrogens (primary N) is 4. The minimum atomic E-state index is -4.49. The average molecular weight is 1010 g/mol. The summed E-state index contributed by atoms with van der Waals surface area (Å²) in [5.41, 5.74) is 19.5. The van der Waals surface area contributed by atoms with Crippen molar-refractivity contribution in [2.24, 2.45) is 28.4 Å². The van der Waals surface area contributed by atoms with E-state index in [1.54, 1.807) is 0 Å². The van der Waals surface area contributed by atoms with Gasteiger partial charge in [-0.05, 0) is 53.3 Å². The van der Waals surface area contributed by atoms with Crippen LogP contribution in [0.3, 0.4) is 0 Å². The zero-order valence-corrected chi connectivity index (χ0v) is 41.2. The number of carbonyl (C=O) groups excluding carboxylic acids is 4. The topological polar surface area (TPSA) is 376 Å². The van der Waals surface area contributed by atoms with E-state index in [9.17, 15) is 52.8 Å². The molecule has 23 heteroatoms. The number of aliphatic hydroxyl groups is 2. The quantitative estimate of drug-likeness (QED) is 0.0622. The molecule has 1 aliphatic rings. The largest absolute Gasteiger partial charge is 0.504 e. The number of rotatable bonds is 18. The minimum absolute atomic E-state index is 0.0308. The van der Waals surface area contributed by atoms with Gasteiger partial charge in [0.1, 0.15) is 49.1 Å². The number of nitrogens with zero attached hydrogens (tertiary/aromatic N) is 3. The molecular weight excluding hydrogens is 943 g/mol. The predicted octanol–water partition coefficient (Wildman–Crippen LogP) is 1.00. The van der Waals surface area contributed by atoms with Gasteiger partial charge in [0.25, 0.3) is 10.2 Å². The SMILES string of the molecule is Cc1nc(-c2ccc(C(C)(C)C)cc2)nc(N)c1C(=O)C[C@@H](CNS(N)(=O)=O)C(=O)N(C)[C@@H]1C(=O)C[C@@H](C)C(=O)N[C@H](C(=O)O)Cc2ccc(OC[C@@H](O)CN)c(c2)-c2cc1cc(OC[C@@H](O)CN)c2O. The normalized spacial score (nSPS) is 17.8.